The van der Waals surface area contributed by atoms with Crippen LogP contribution in [0, 0.1) is 17.8 Å². The second-order valence-electron chi connectivity index (χ2n) is 4.60. The summed E-state index contributed by atoms with van der Waals surface area (Å²) in [5, 5.41) is -0.0835. The highest BCUT2D eigenvalue weighted by Crippen LogP contribution is 2.50. The number of nitrogens with two attached hydrogens (primary N) is 1. The van der Waals surface area contributed by atoms with Crippen molar-refractivity contribution in [2.24, 2.45) is 23.5 Å². The van der Waals surface area contributed by atoms with E-state index in [0.717, 1.165) is 19.3 Å². The molecule has 76 valence electrons. The summed E-state index contributed by atoms with van der Waals surface area (Å²) in [7, 11) is -2.83. The van der Waals surface area contributed by atoms with E-state index in [4.69, 9.17) is 5.73 Å². The minimum absolute atomic E-state index is 0.0835. The SMILES string of the molecule is CS(=O)(=O)C1CC2CC(CN)C1C2. The lowest BCUT2D eigenvalue weighted by atomic mass is 9.88. The molecule has 13 heavy (non-hydrogen) atoms. The van der Waals surface area contributed by atoms with Crippen LogP contribution in [0.15, 0.2) is 0 Å². The van der Waals surface area contributed by atoms with E-state index in [9.17, 15) is 8.42 Å². The number of fused-ring (bicyclic) bond motifs is 2. The largest absolute Gasteiger partial charge is 0.330 e. The van der Waals surface area contributed by atoms with Crippen LogP contribution in [0.3, 0.4) is 0 Å². The maximum Gasteiger partial charge on any atom is 0.150 e. The molecule has 2 saturated carbocycles. The van der Waals surface area contributed by atoms with Crippen molar-refractivity contribution in [3.8, 4) is 0 Å². The third kappa shape index (κ3) is 1.50. The minimum Gasteiger partial charge on any atom is -0.330 e. The second kappa shape index (κ2) is 2.95. The van der Waals surface area contributed by atoms with Gasteiger partial charge in [-0.15, -0.1) is 0 Å². The molecule has 3 nitrogen and oxygen atoms in total. The zero-order valence-electron chi connectivity index (χ0n) is 7.94. The normalized spacial score (nSPS) is 44.2. The molecule has 0 aromatic heterocycles. The van der Waals surface area contributed by atoms with Crippen LogP contribution < -0.4 is 5.73 Å². The van der Waals surface area contributed by atoms with Crippen molar-refractivity contribution in [2.45, 2.75) is 24.5 Å². The topological polar surface area (TPSA) is 60.2 Å². The van der Waals surface area contributed by atoms with Crippen LogP contribution in [0.4, 0.5) is 0 Å². The van der Waals surface area contributed by atoms with Gasteiger partial charge in [-0.3, -0.25) is 0 Å². The van der Waals surface area contributed by atoms with Gasteiger partial charge >= 0.3 is 0 Å². The van der Waals surface area contributed by atoms with Gasteiger partial charge < -0.3 is 5.73 Å². The van der Waals surface area contributed by atoms with Gasteiger partial charge in [-0.25, -0.2) is 8.42 Å². The Hall–Kier alpha value is -0.0900. The first-order valence-electron chi connectivity index (χ1n) is 4.91. The molecule has 2 aliphatic carbocycles. The van der Waals surface area contributed by atoms with E-state index in [0.29, 0.717) is 24.3 Å². The average Bonchev–Trinajstić information content (AvgIpc) is 2.59. The van der Waals surface area contributed by atoms with Crippen LogP contribution in [0.2, 0.25) is 0 Å². The summed E-state index contributed by atoms with van der Waals surface area (Å²) >= 11 is 0. The maximum absolute atomic E-state index is 11.4. The van der Waals surface area contributed by atoms with E-state index in [1.165, 1.54) is 6.26 Å². The molecule has 0 aliphatic heterocycles. The van der Waals surface area contributed by atoms with Crippen molar-refractivity contribution >= 4 is 9.84 Å². The van der Waals surface area contributed by atoms with Gasteiger partial charge in [0.15, 0.2) is 9.84 Å². The highest BCUT2D eigenvalue weighted by Gasteiger charge is 2.49. The Labute approximate surface area is 79.6 Å². The molecule has 0 saturated heterocycles. The number of hydrogen-bond donors (Lipinski definition) is 1. The molecule has 0 spiro atoms. The zero-order chi connectivity index (χ0) is 9.64. The molecule has 2 aliphatic rings. The first-order chi connectivity index (χ1) is 6.02. The van der Waals surface area contributed by atoms with E-state index in [-0.39, 0.29) is 5.25 Å². The molecule has 4 atom stereocenters. The third-order valence-corrected chi connectivity index (χ3v) is 5.38. The molecule has 2 rings (SSSR count). The first-order valence-corrected chi connectivity index (χ1v) is 6.86. The summed E-state index contributed by atoms with van der Waals surface area (Å²) in [5.41, 5.74) is 5.63. The van der Waals surface area contributed by atoms with Crippen molar-refractivity contribution in [1.29, 1.82) is 0 Å². The van der Waals surface area contributed by atoms with Crippen LogP contribution in [-0.4, -0.2) is 26.5 Å². The summed E-state index contributed by atoms with van der Waals surface area (Å²) < 4.78 is 22.9. The minimum atomic E-state index is -2.83. The lowest BCUT2D eigenvalue weighted by molar-refractivity contribution is 0.341. The van der Waals surface area contributed by atoms with E-state index < -0.39 is 9.84 Å². The van der Waals surface area contributed by atoms with E-state index >= 15 is 0 Å². The summed E-state index contributed by atoms with van der Waals surface area (Å²) in [6.07, 6.45) is 4.51. The van der Waals surface area contributed by atoms with E-state index in [2.05, 4.69) is 0 Å². The third-order valence-electron chi connectivity index (χ3n) is 3.74. The fourth-order valence-corrected chi connectivity index (χ4v) is 4.78. The highest BCUT2D eigenvalue weighted by atomic mass is 32.2. The van der Waals surface area contributed by atoms with Gasteiger partial charge in [-0.1, -0.05) is 0 Å². The van der Waals surface area contributed by atoms with Gasteiger partial charge in [-0.2, -0.15) is 0 Å². The Bertz CT molecular complexity index is 299. The molecule has 4 unspecified atom stereocenters. The van der Waals surface area contributed by atoms with Gasteiger partial charge in [0.05, 0.1) is 5.25 Å². The Morgan fingerprint density at radius 3 is 2.46 bits per heavy atom. The van der Waals surface area contributed by atoms with Gasteiger partial charge in [0.25, 0.3) is 0 Å². The predicted molar refractivity (Wildman–Crippen MR) is 52.0 cm³/mol. The van der Waals surface area contributed by atoms with Crippen molar-refractivity contribution < 1.29 is 8.42 Å². The lowest BCUT2D eigenvalue weighted by Crippen LogP contribution is -2.34. The summed E-state index contributed by atoms with van der Waals surface area (Å²) in [6, 6.07) is 0. The van der Waals surface area contributed by atoms with Crippen LogP contribution in [-0.2, 0) is 9.84 Å². The molecule has 2 bridgehead atoms. The van der Waals surface area contributed by atoms with Crippen molar-refractivity contribution in [2.75, 3.05) is 12.8 Å². The van der Waals surface area contributed by atoms with Crippen LogP contribution in [0.25, 0.3) is 0 Å². The van der Waals surface area contributed by atoms with E-state index in [1.807, 2.05) is 0 Å². The number of rotatable bonds is 2. The second-order valence-corrected chi connectivity index (χ2v) is 6.87. The predicted octanol–water partition coefficient (Wildman–Crippen LogP) is 0.404. The standard InChI is InChI=1S/C9H17NO2S/c1-13(11,12)9-4-6-2-7(5-10)8(9)3-6/h6-9H,2-5,10H2,1H3. The van der Waals surface area contributed by atoms with Crippen molar-refractivity contribution in [3.63, 3.8) is 0 Å². The Morgan fingerprint density at radius 2 is 2.00 bits per heavy atom. The summed E-state index contributed by atoms with van der Waals surface area (Å²) in [4.78, 5) is 0. The fraction of sp³-hybridized carbons (Fsp3) is 1.00. The molecule has 0 radical (unpaired) electrons. The van der Waals surface area contributed by atoms with Crippen molar-refractivity contribution in [3.05, 3.63) is 0 Å². The molecular formula is C9H17NO2S. The van der Waals surface area contributed by atoms with Crippen LogP contribution >= 0.6 is 0 Å². The van der Waals surface area contributed by atoms with Gasteiger partial charge in [0.1, 0.15) is 0 Å². The van der Waals surface area contributed by atoms with E-state index in [1.54, 1.807) is 0 Å². The highest BCUT2D eigenvalue weighted by molar-refractivity contribution is 7.91. The molecule has 0 amide bonds. The smallest absolute Gasteiger partial charge is 0.150 e. The quantitative estimate of drug-likeness (QED) is 0.707. The lowest BCUT2D eigenvalue weighted by Gasteiger charge is -2.27. The summed E-state index contributed by atoms with van der Waals surface area (Å²) in [5.74, 6) is 1.47. The number of hydrogen-bond acceptors (Lipinski definition) is 3. The van der Waals surface area contributed by atoms with Gasteiger partial charge in [0.2, 0.25) is 0 Å². The molecule has 0 heterocycles. The molecular weight excluding hydrogens is 186 g/mol. The first kappa shape index (κ1) is 9.46. The molecule has 2 fully saturated rings. The van der Waals surface area contributed by atoms with Gasteiger partial charge in [0, 0.05) is 6.26 Å². The van der Waals surface area contributed by atoms with Crippen LogP contribution in [0.5, 0.6) is 0 Å². The molecule has 4 heteroatoms. The number of sulfone groups is 1. The fourth-order valence-electron chi connectivity index (χ4n) is 3.19. The molecule has 2 N–H and O–H groups in total. The molecule has 0 aromatic carbocycles. The Morgan fingerprint density at radius 1 is 1.31 bits per heavy atom. The maximum atomic E-state index is 11.4. The Balaban J connectivity index is 2.19. The monoisotopic (exact) mass is 203 g/mol. The molecule has 0 aromatic rings. The summed E-state index contributed by atoms with van der Waals surface area (Å²) in [6.45, 7) is 0.660. The van der Waals surface area contributed by atoms with Crippen molar-refractivity contribution in [1.82, 2.24) is 0 Å². The Kier molecular flexibility index (Phi) is 2.15. The van der Waals surface area contributed by atoms with Crippen LogP contribution in [0.1, 0.15) is 19.3 Å². The zero-order valence-corrected chi connectivity index (χ0v) is 8.76. The average molecular weight is 203 g/mol. The van der Waals surface area contributed by atoms with Gasteiger partial charge in [-0.05, 0) is 43.6 Å².